The molecule has 0 radical (unpaired) electrons. The van der Waals surface area contributed by atoms with Crippen LogP contribution in [0.5, 0.6) is 0 Å². The fraction of sp³-hybridized carbons (Fsp3) is 0.417. The predicted octanol–water partition coefficient (Wildman–Crippen LogP) is 5.41. The summed E-state index contributed by atoms with van der Waals surface area (Å²) in [5.41, 5.74) is 1.34. The molecule has 1 aromatic carbocycles. The van der Waals surface area contributed by atoms with E-state index in [4.69, 9.17) is 0 Å². The average molecular weight is 410 g/mol. The number of carboxylic acid groups (broad SMARTS) is 1. The summed E-state index contributed by atoms with van der Waals surface area (Å²) >= 11 is 1.13. The zero-order valence-corrected chi connectivity index (χ0v) is 18.0. The van der Waals surface area contributed by atoms with Crippen molar-refractivity contribution in [3.63, 3.8) is 0 Å². The number of rotatable bonds is 4. The first kappa shape index (κ1) is 21.1. The molecule has 1 amide bonds. The Balaban J connectivity index is 1.93. The standard InChI is InChI=1S/C24H27NO3S/c1-16(2)25(23(26)19-12-9-17(3)10-13-19)21-15-20(29-22(21)24(27)28)14-11-18-7-5-4-6-8-18/h4-8,15-17,19H,9-10,12-13H2,1-3H3,(H,27,28). The van der Waals surface area contributed by atoms with Gasteiger partial charge in [-0.25, -0.2) is 4.79 Å². The zero-order chi connectivity index (χ0) is 21.0. The van der Waals surface area contributed by atoms with Crippen molar-refractivity contribution < 1.29 is 14.7 Å². The lowest BCUT2D eigenvalue weighted by Gasteiger charge is -2.33. The summed E-state index contributed by atoms with van der Waals surface area (Å²) in [6.45, 7) is 6.09. The third-order valence-electron chi connectivity index (χ3n) is 5.39. The molecule has 1 saturated carbocycles. The lowest BCUT2D eigenvalue weighted by Crippen LogP contribution is -2.42. The molecule has 0 spiro atoms. The highest BCUT2D eigenvalue weighted by Gasteiger charge is 2.33. The predicted molar refractivity (Wildman–Crippen MR) is 117 cm³/mol. The fourth-order valence-electron chi connectivity index (χ4n) is 3.79. The van der Waals surface area contributed by atoms with E-state index in [1.807, 2.05) is 44.2 Å². The third kappa shape index (κ3) is 5.07. The second kappa shape index (κ2) is 9.28. The first-order valence-corrected chi connectivity index (χ1v) is 11.0. The largest absolute Gasteiger partial charge is 0.477 e. The molecule has 5 heteroatoms. The van der Waals surface area contributed by atoms with E-state index in [-0.39, 0.29) is 22.7 Å². The summed E-state index contributed by atoms with van der Waals surface area (Å²) in [5.74, 6) is 5.77. The Kier molecular flexibility index (Phi) is 6.76. The Morgan fingerprint density at radius 3 is 2.34 bits per heavy atom. The van der Waals surface area contributed by atoms with E-state index in [2.05, 4.69) is 18.8 Å². The zero-order valence-electron chi connectivity index (χ0n) is 17.1. The Morgan fingerprint density at radius 2 is 1.76 bits per heavy atom. The van der Waals surface area contributed by atoms with E-state index in [9.17, 15) is 14.7 Å². The summed E-state index contributed by atoms with van der Waals surface area (Å²) in [5, 5.41) is 9.75. The van der Waals surface area contributed by atoms with Crippen molar-refractivity contribution in [3.05, 3.63) is 51.7 Å². The van der Waals surface area contributed by atoms with Crippen LogP contribution in [0.4, 0.5) is 5.69 Å². The van der Waals surface area contributed by atoms with Gasteiger partial charge in [-0.3, -0.25) is 4.79 Å². The number of amides is 1. The molecule has 0 atom stereocenters. The summed E-state index contributed by atoms with van der Waals surface area (Å²) < 4.78 is 0. The van der Waals surface area contributed by atoms with Gasteiger partial charge in [0.15, 0.2) is 0 Å². The van der Waals surface area contributed by atoms with Crippen LogP contribution in [0.2, 0.25) is 0 Å². The van der Waals surface area contributed by atoms with Crippen LogP contribution in [0.15, 0.2) is 36.4 Å². The number of anilines is 1. The summed E-state index contributed by atoms with van der Waals surface area (Å²) in [7, 11) is 0. The highest BCUT2D eigenvalue weighted by Crippen LogP contribution is 2.36. The number of hydrogen-bond acceptors (Lipinski definition) is 3. The van der Waals surface area contributed by atoms with Crippen LogP contribution < -0.4 is 4.90 Å². The highest BCUT2D eigenvalue weighted by atomic mass is 32.1. The summed E-state index contributed by atoms with van der Waals surface area (Å²) in [4.78, 5) is 27.7. The minimum atomic E-state index is -1.02. The SMILES string of the molecule is CC1CCC(C(=O)N(c2cc(C#Cc3ccccc3)sc2C(=O)O)C(C)C)CC1. The second-order valence-corrected chi connectivity index (χ2v) is 9.06. The summed E-state index contributed by atoms with van der Waals surface area (Å²) in [6.07, 6.45) is 3.84. The molecule has 0 bridgehead atoms. The minimum Gasteiger partial charge on any atom is -0.477 e. The molecule has 2 aromatic rings. The van der Waals surface area contributed by atoms with Gasteiger partial charge in [-0.2, -0.15) is 0 Å². The molecular weight excluding hydrogens is 382 g/mol. The Bertz CT molecular complexity index is 928. The minimum absolute atomic E-state index is 0.0333. The van der Waals surface area contributed by atoms with Crippen molar-refractivity contribution in [1.82, 2.24) is 0 Å². The van der Waals surface area contributed by atoms with Crippen LogP contribution in [-0.4, -0.2) is 23.0 Å². The molecule has 1 N–H and O–H groups in total. The van der Waals surface area contributed by atoms with Crippen LogP contribution in [0.25, 0.3) is 0 Å². The molecule has 29 heavy (non-hydrogen) atoms. The van der Waals surface area contributed by atoms with Crippen LogP contribution in [0, 0.1) is 23.7 Å². The van der Waals surface area contributed by atoms with Crippen molar-refractivity contribution in [2.75, 3.05) is 4.90 Å². The maximum absolute atomic E-state index is 13.3. The van der Waals surface area contributed by atoms with Gasteiger partial charge in [0.1, 0.15) is 4.88 Å². The van der Waals surface area contributed by atoms with E-state index < -0.39 is 5.97 Å². The van der Waals surface area contributed by atoms with E-state index in [0.717, 1.165) is 42.6 Å². The van der Waals surface area contributed by atoms with Crippen LogP contribution >= 0.6 is 11.3 Å². The smallest absolute Gasteiger partial charge is 0.348 e. The molecule has 0 saturated heterocycles. The molecule has 0 aliphatic heterocycles. The molecule has 1 aliphatic rings. The second-order valence-electron chi connectivity index (χ2n) is 8.00. The van der Waals surface area contributed by atoms with Crippen LogP contribution in [0.1, 0.15) is 66.6 Å². The van der Waals surface area contributed by atoms with Crippen molar-refractivity contribution in [2.45, 2.75) is 52.5 Å². The number of thiophene rings is 1. The number of hydrogen-bond donors (Lipinski definition) is 1. The maximum atomic E-state index is 13.3. The monoisotopic (exact) mass is 409 g/mol. The van der Waals surface area contributed by atoms with Gasteiger partial charge in [0.2, 0.25) is 5.91 Å². The molecule has 0 unspecified atom stereocenters. The van der Waals surface area contributed by atoms with Gasteiger partial charge >= 0.3 is 5.97 Å². The quantitative estimate of drug-likeness (QED) is 0.687. The number of carbonyl (C=O) groups is 2. The van der Waals surface area contributed by atoms with E-state index in [0.29, 0.717) is 16.5 Å². The average Bonchev–Trinajstić information content (AvgIpc) is 3.11. The maximum Gasteiger partial charge on any atom is 0.348 e. The van der Waals surface area contributed by atoms with Gasteiger partial charge in [-0.15, -0.1) is 11.3 Å². The first-order chi connectivity index (χ1) is 13.9. The molecule has 152 valence electrons. The Hall–Kier alpha value is -2.58. The van der Waals surface area contributed by atoms with E-state index >= 15 is 0 Å². The van der Waals surface area contributed by atoms with E-state index in [1.165, 1.54) is 0 Å². The van der Waals surface area contributed by atoms with Gasteiger partial charge in [-0.05, 0) is 63.6 Å². The van der Waals surface area contributed by atoms with Crippen LogP contribution in [0.3, 0.4) is 0 Å². The number of aromatic carboxylic acids is 1. The molecule has 1 fully saturated rings. The fourth-order valence-corrected chi connectivity index (χ4v) is 4.63. The molecular formula is C24H27NO3S. The Labute approximate surface area is 176 Å². The summed E-state index contributed by atoms with van der Waals surface area (Å²) in [6, 6.07) is 11.2. The number of carboxylic acids is 1. The van der Waals surface area contributed by atoms with Crippen LogP contribution in [-0.2, 0) is 4.79 Å². The van der Waals surface area contributed by atoms with Gasteiger partial charge in [0.05, 0.1) is 10.6 Å². The van der Waals surface area contributed by atoms with Gasteiger partial charge < -0.3 is 10.0 Å². The topological polar surface area (TPSA) is 57.6 Å². The van der Waals surface area contributed by atoms with Crippen molar-refractivity contribution in [1.29, 1.82) is 0 Å². The third-order valence-corrected chi connectivity index (χ3v) is 6.42. The normalized spacial score (nSPS) is 18.8. The lowest BCUT2D eigenvalue weighted by molar-refractivity contribution is -0.123. The first-order valence-electron chi connectivity index (χ1n) is 10.1. The number of carbonyl (C=O) groups excluding carboxylic acids is 1. The molecule has 1 heterocycles. The molecule has 1 aromatic heterocycles. The van der Waals surface area contributed by atoms with Crippen molar-refractivity contribution in [2.24, 2.45) is 11.8 Å². The van der Waals surface area contributed by atoms with Gasteiger partial charge in [-0.1, -0.05) is 37.0 Å². The van der Waals surface area contributed by atoms with Crippen molar-refractivity contribution in [3.8, 4) is 11.8 Å². The number of nitrogens with zero attached hydrogens (tertiary/aromatic N) is 1. The lowest BCUT2D eigenvalue weighted by atomic mass is 9.82. The van der Waals surface area contributed by atoms with Crippen molar-refractivity contribution >= 4 is 28.9 Å². The molecule has 1 aliphatic carbocycles. The molecule has 4 nitrogen and oxygen atoms in total. The Morgan fingerprint density at radius 1 is 1.10 bits per heavy atom. The van der Waals surface area contributed by atoms with Gasteiger partial charge in [0, 0.05) is 17.5 Å². The van der Waals surface area contributed by atoms with E-state index in [1.54, 1.807) is 11.0 Å². The number of benzene rings is 1. The molecule has 3 rings (SSSR count). The highest BCUT2D eigenvalue weighted by molar-refractivity contribution is 7.15. The van der Waals surface area contributed by atoms with Gasteiger partial charge in [0.25, 0.3) is 0 Å².